The summed E-state index contributed by atoms with van der Waals surface area (Å²) in [6.07, 6.45) is 0. The third-order valence-corrected chi connectivity index (χ3v) is 3.65. The first kappa shape index (κ1) is 16.7. The monoisotopic (exact) mass is 375 g/mol. The number of imide groups is 1. The van der Waals surface area contributed by atoms with Gasteiger partial charge in [-0.1, -0.05) is 18.2 Å². The summed E-state index contributed by atoms with van der Waals surface area (Å²) < 4.78 is 0.625. The van der Waals surface area contributed by atoms with Crippen LogP contribution in [0.1, 0.15) is 6.92 Å². The fourth-order valence-corrected chi connectivity index (χ4v) is 2.33. The molecule has 0 aliphatic carbocycles. The molecule has 2 rings (SSSR count). The molecule has 0 saturated carbocycles. The topological polar surface area (TPSA) is 92.5 Å². The smallest absolute Gasteiger partial charge is 0.323 e. The lowest BCUT2D eigenvalue weighted by atomic mass is 10.2. The second-order valence-corrected chi connectivity index (χ2v) is 5.54. The van der Waals surface area contributed by atoms with Crippen molar-refractivity contribution in [3.63, 3.8) is 0 Å². The van der Waals surface area contributed by atoms with Gasteiger partial charge in [0.1, 0.15) is 0 Å². The van der Waals surface area contributed by atoms with Crippen LogP contribution in [0.4, 0.5) is 17.1 Å². The molecule has 0 aliphatic rings. The van der Waals surface area contributed by atoms with E-state index in [-0.39, 0.29) is 5.69 Å². The zero-order valence-electron chi connectivity index (χ0n) is 12.2. The molecule has 0 unspecified atom stereocenters. The largest absolute Gasteiger partial charge is 0.399 e. The number of nitrogens with zero attached hydrogens (tertiary/aromatic N) is 1. The fourth-order valence-electron chi connectivity index (χ4n) is 1.95. The van der Waals surface area contributed by atoms with Crippen LogP contribution >= 0.6 is 15.9 Å². The number of nitrogen functional groups attached to an aromatic ring is 1. The van der Waals surface area contributed by atoms with Gasteiger partial charge in [0.05, 0.1) is 11.4 Å². The van der Waals surface area contributed by atoms with Crippen LogP contribution in [0.3, 0.4) is 0 Å². The van der Waals surface area contributed by atoms with Crippen molar-refractivity contribution in [2.45, 2.75) is 6.92 Å². The van der Waals surface area contributed by atoms with Crippen molar-refractivity contribution >= 4 is 50.7 Å². The number of halogens is 1. The average molecular weight is 376 g/mol. The lowest BCUT2D eigenvalue weighted by Crippen LogP contribution is -2.42. The molecule has 6 nitrogen and oxygen atoms in total. The first-order chi connectivity index (χ1) is 10.9. The van der Waals surface area contributed by atoms with Crippen molar-refractivity contribution in [1.29, 1.82) is 0 Å². The highest BCUT2D eigenvalue weighted by Gasteiger charge is 2.27. The Labute approximate surface area is 141 Å². The number of amides is 3. The molecule has 2 aromatic rings. The van der Waals surface area contributed by atoms with Crippen LogP contribution < -0.4 is 16.0 Å². The third kappa shape index (κ3) is 3.95. The summed E-state index contributed by atoms with van der Waals surface area (Å²) in [4.78, 5) is 37.1. The van der Waals surface area contributed by atoms with Crippen LogP contribution in [0, 0.1) is 0 Å². The number of nitrogens with two attached hydrogens (primary N) is 1. The quantitative estimate of drug-likeness (QED) is 0.622. The van der Waals surface area contributed by atoms with Gasteiger partial charge in [0.15, 0.2) is 0 Å². The highest BCUT2D eigenvalue weighted by molar-refractivity contribution is 9.10. The number of anilines is 3. The van der Waals surface area contributed by atoms with E-state index in [0.717, 1.165) is 4.90 Å². The minimum atomic E-state index is -0.987. The summed E-state index contributed by atoms with van der Waals surface area (Å²) in [6, 6.07) is 13.0. The van der Waals surface area contributed by atoms with Gasteiger partial charge in [0.25, 0.3) is 0 Å². The van der Waals surface area contributed by atoms with E-state index in [2.05, 4.69) is 21.2 Å². The molecule has 0 radical (unpaired) electrons. The lowest BCUT2D eigenvalue weighted by molar-refractivity contribution is -0.136. The van der Waals surface area contributed by atoms with E-state index < -0.39 is 17.7 Å². The maximum atomic E-state index is 12.3. The number of carbonyl (C=O) groups excluding carboxylic acids is 3. The molecule has 0 spiro atoms. The van der Waals surface area contributed by atoms with Crippen LogP contribution in [-0.4, -0.2) is 17.7 Å². The maximum absolute atomic E-state index is 12.3. The predicted molar refractivity (Wildman–Crippen MR) is 91.8 cm³/mol. The molecule has 0 aliphatic heterocycles. The van der Waals surface area contributed by atoms with Gasteiger partial charge >= 0.3 is 11.8 Å². The molecular weight excluding hydrogens is 362 g/mol. The van der Waals surface area contributed by atoms with Crippen molar-refractivity contribution in [1.82, 2.24) is 0 Å². The van der Waals surface area contributed by atoms with Gasteiger partial charge in [0.2, 0.25) is 5.91 Å². The van der Waals surface area contributed by atoms with Crippen LogP contribution in [-0.2, 0) is 14.4 Å². The van der Waals surface area contributed by atoms with E-state index in [1.54, 1.807) is 36.4 Å². The van der Waals surface area contributed by atoms with Crippen molar-refractivity contribution in [3.05, 3.63) is 53.0 Å². The molecule has 3 N–H and O–H groups in total. The van der Waals surface area contributed by atoms with E-state index in [1.807, 2.05) is 0 Å². The Morgan fingerprint density at radius 3 is 2.39 bits per heavy atom. The molecule has 3 amide bonds. The van der Waals surface area contributed by atoms with Crippen LogP contribution in [0.2, 0.25) is 0 Å². The second-order valence-electron chi connectivity index (χ2n) is 4.69. The van der Waals surface area contributed by atoms with Crippen LogP contribution in [0.15, 0.2) is 53.0 Å². The summed E-state index contributed by atoms with van der Waals surface area (Å²) in [6.45, 7) is 1.20. The van der Waals surface area contributed by atoms with E-state index in [0.29, 0.717) is 15.8 Å². The predicted octanol–water partition coefficient (Wildman–Crippen LogP) is 2.55. The number of rotatable bonds is 2. The summed E-state index contributed by atoms with van der Waals surface area (Å²) in [7, 11) is 0. The molecular formula is C16H14BrN3O3. The summed E-state index contributed by atoms with van der Waals surface area (Å²) in [5.41, 5.74) is 6.72. The Hall–Kier alpha value is -2.67. The standard InChI is InChI=1S/C16H14BrN3O3/c1-10(21)20(12-6-4-5-11(18)9-12)16(23)15(22)19-14-8-3-2-7-13(14)17/h2-9H,18H2,1H3,(H,19,22). The molecule has 7 heteroatoms. The Kier molecular flexibility index (Phi) is 5.13. The van der Waals surface area contributed by atoms with Gasteiger partial charge in [-0.15, -0.1) is 0 Å². The number of nitrogens with one attached hydrogen (secondary N) is 1. The molecule has 0 atom stereocenters. The number of benzene rings is 2. The van der Waals surface area contributed by atoms with E-state index in [4.69, 9.17) is 5.73 Å². The Balaban J connectivity index is 2.26. The Morgan fingerprint density at radius 2 is 1.78 bits per heavy atom. The van der Waals surface area contributed by atoms with E-state index in [9.17, 15) is 14.4 Å². The number of para-hydroxylation sites is 1. The van der Waals surface area contributed by atoms with Gasteiger partial charge in [-0.2, -0.15) is 0 Å². The molecule has 118 valence electrons. The van der Waals surface area contributed by atoms with E-state index in [1.165, 1.54) is 19.1 Å². The van der Waals surface area contributed by atoms with Crippen molar-refractivity contribution < 1.29 is 14.4 Å². The SMILES string of the molecule is CC(=O)N(C(=O)C(=O)Nc1ccccc1Br)c1cccc(N)c1. The minimum absolute atomic E-state index is 0.241. The van der Waals surface area contributed by atoms with Crippen molar-refractivity contribution in [3.8, 4) is 0 Å². The summed E-state index contributed by atoms with van der Waals surface area (Å²) in [5, 5.41) is 2.47. The third-order valence-electron chi connectivity index (χ3n) is 2.96. The highest BCUT2D eigenvalue weighted by Crippen LogP contribution is 2.22. The second kappa shape index (κ2) is 7.06. The Bertz CT molecular complexity index is 777. The van der Waals surface area contributed by atoms with Crippen LogP contribution in [0.5, 0.6) is 0 Å². The van der Waals surface area contributed by atoms with Gasteiger partial charge < -0.3 is 11.1 Å². The maximum Gasteiger partial charge on any atom is 0.323 e. The zero-order chi connectivity index (χ0) is 17.0. The fraction of sp³-hybridized carbons (Fsp3) is 0.0625. The van der Waals surface area contributed by atoms with Gasteiger partial charge in [-0.25, -0.2) is 4.90 Å². The average Bonchev–Trinajstić information content (AvgIpc) is 2.49. The first-order valence-electron chi connectivity index (χ1n) is 6.66. The summed E-state index contributed by atoms with van der Waals surface area (Å²) >= 11 is 3.27. The van der Waals surface area contributed by atoms with Gasteiger partial charge in [-0.3, -0.25) is 14.4 Å². The minimum Gasteiger partial charge on any atom is -0.399 e. The number of hydrogen-bond donors (Lipinski definition) is 2. The van der Waals surface area contributed by atoms with Gasteiger partial charge in [-0.05, 0) is 46.3 Å². The number of carbonyl (C=O) groups is 3. The summed E-state index contributed by atoms with van der Waals surface area (Å²) in [5.74, 6) is -2.49. The zero-order valence-corrected chi connectivity index (χ0v) is 13.8. The van der Waals surface area contributed by atoms with Crippen molar-refractivity contribution in [2.24, 2.45) is 0 Å². The lowest BCUT2D eigenvalue weighted by Gasteiger charge is -2.19. The van der Waals surface area contributed by atoms with Gasteiger partial charge in [0, 0.05) is 17.1 Å². The van der Waals surface area contributed by atoms with E-state index >= 15 is 0 Å². The molecule has 0 saturated heterocycles. The molecule has 2 aromatic carbocycles. The van der Waals surface area contributed by atoms with Crippen LogP contribution in [0.25, 0.3) is 0 Å². The van der Waals surface area contributed by atoms with Crippen molar-refractivity contribution in [2.75, 3.05) is 16.0 Å². The molecule has 0 aromatic heterocycles. The normalized spacial score (nSPS) is 10.0. The number of hydrogen-bond acceptors (Lipinski definition) is 4. The Morgan fingerprint density at radius 1 is 1.09 bits per heavy atom. The first-order valence-corrected chi connectivity index (χ1v) is 7.45. The molecule has 0 heterocycles. The highest BCUT2D eigenvalue weighted by atomic mass is 79.9. The molecule has 23 heavy (non-hydrogen) atoms. The molecule has 0 fully saturated rings. The molecule has 0 bridgehead atoms.